The van der Waals surface area contributed by atoms with Crippen LogP contribution in [-0.4, -0.2) is 58.2 Å². The number of nitrogens with one attached hydrogen (secondary N) is 3. The number of nitrogens with zero attached hydrogens (tertiary/aromatic N) is 4. The summed E-state index contributed by atoms with van der Waals surface area (Å²) in [5, 5.41) is 7.11. The summed E-state index contributed by atoms with van der Waals surface area (Å²) in [5.74, 6) is 1.81. The van der Waals surface area contributed by atoms with Gasteiger partial charge in [0.15, 0.2) is 5.75 Å². The topological polar surface area (TPSA) is 117 Å². The summed E-state index contributed by atoms with van der Waals surface area (Å²) in [4.78, 5) is 30.7. The molecule has 0 bridgehead atoms. The molecule has 1 aliphatic rings. The summed E-state index contributed by atoms with van der Waals surface area (Å²) < 4.78 is 11.5. The van der Waals surface area contributed by atoms with Gasteiger partial charge in [-0.2, -0.15) is 4.98 Å². The lowest BCUT2D eigenvalue weighted by molar-refractivity contribution is 0.0351. The number of hydrogen-bond acceptors (Lipinski definition) is 9. The lowest BCUT2D eigenvalue weighted by atomic mass is 9.88. The van der Waals surface area contributed by atoms with Gasteiger partial charge in [0, 0.05) is 42.0 Å². The molecule has 3 N–H and O–H groups in total. The molecule has 10 nitrogen and oxygen atoms in total. The number of H-pyrrole nitrogens is 1. The van der Waals surface area contributed by atoms with Gasteiger partial charge in [0.05, 0.1) is 19.0 Å². The maximum absolute atomic E-state index is 12.5. The molecule has 4 aromatic rings. The Morgan fingerprint density at radius 2 is 1.91 bits per heavy atom. The van der Waals surface area contributed by atoms with E-state index in [1.165, 1.54) is 0 Å². The van der Waals surface area contributed by atoms with Gasteiger partial charge in [-0.1, -0.05) is 18.2 Å². The van der Waals surface area contributed by atoms with Crippen LogP contribution < -0.4 is 25.7 Å². The Bertz CT molecular complexity index is 1400. The molecule has 0 aliphatic heterocycles. The van der Waals surface area contributed by atoms with Gasteiger partial charge in [0.25, 0.3) is 11.4 Å². The molecule has 10 heteroatoms. The first-order valence-electron chi connectivity index (χ1n) is 11.3. The van der Waals surface area contributed by atoms with E-state index in [4.69, 9.17) is 9.47 Å². The quantitative estimate of drug-likeness (QED) is 0.352. The number of aromatic nitrogens is 4. The molecule has 1 aliphatic carbocycles. The maximum atomic E-state index is 12.5. The summed E-state index contributed by atoms with van der Waals surface area (Å²) in [7, 11) is 5.73. The van der Waals surface area contributed by atoms with Gasteiger partial charge < -0.3 is 30.0 Å². The van der Waals surface area contributed by atoms with Crippen molar-refractivity contribution in [3.05, 3.63) is 65.2 Å². The van der Waals surface area contributed by atoms with Crippen molar-refractivity contribution in [3.8, 4) is 11.6 Å². The third-order valence-electron chi connectivity index (χ3n) is 6.04. The highest BCUT2D eigenvalue weighted by molar-refractivity contribution is 5.82. The van der Waals surface area contributed by atoms with Crippen LogP contribution in [0.25, 0.3) is 10.9 Å². The Balaban J connectivity index is 1.29. The number of methoxy groups -OCH3 is 1. The highest BCUT2D eigenvalue weighted by atomic mass is 16.5. The molecule has 0 saturated heterocycles. The number of anilines is 4. The van der Waals surface area contributed by atoms with Gasteiger partial charge >= 0.3 is 0 Å². The molecule has 1 saturated carbocycles. The predicted molar refractivity (Wildman–Crippen MR) is 135 cm³/mol. The van der Waals surface area contributed by atoms with Crippen molar-refractivity contribution < 1.29 is 9.47 Å². The van der Waals surface area contributed by atoms with Crippen LogP contribution in [0.15, 0.2) is 59.7 Å². The van der Waals surface area contributed by atoms with Gasteiger partial charge in [-0.25, -0.2) is 9.97 Å². The van der Waals surface area contributed by atoms with Crippen LogP contribution in [0.3, 0.4) is 0 Å². The zero-order valence-corrected chi connectivity index (χ0v) is 19.8. The van der Waals surface area contributed by atoms with Crippen molar-refractivity contribution in [2.75, 3.05) is 31.8 Å². The van der Waals surface area contributed by atoms with Crippen LogP contribution >= 0.6 is 0 Å². The highest BCUT2D eigenvalue weighted by Gasteiger charge is 2.33. The normalized spacial score (nSPS) is 17.1. The highest BCUT2D eigenvalue weighted by Crippen LogP contribution is 2.34. The largest absolute Gasteiger partial charge is 0.491 e. The average molecular weight is 474 g/mol. The molecule has 0 spiro atoms. The molecule has 0 radical (unpaired) electrons. The van der Waals surface area contributed by atoms with Gasteiger partial charge in [-0.15, -0.1) is 0 Å². The number of rotatable bonds is 8. The molecule has 0 atom stereocenters. The zero-order chi connectivity index (χ0) is 24.4. The molecular formula is C25H27N7O3. The Hall–Kier alpha value is -4.18. The number of hydrogen-bond donors (Lipinski definition) is 3. The summed E-state index contributed by atoms with van der Waals surface area (Å²) in [6.07, 6.45) is 5.31. The van der Waals surface area contributed by atoms with E-state index in [1.54, 1.807) is 37.7 Å². The van der Waals surface area contributed by atoms with Crippen molar-refractivity contribution in [1.82, 2.24) is 24.8 Å². The molecule has 35 heavy (non-hydrogen) atoms. The smallest absolute Gasteiger partial charge is 0.272 e. The Morgan fingerprint density at radius 3 is 2.71 bits per heavy atom. The van der Waals surface area contributed by atoms with Crippen molar-refractivity contribution in [3.63, 3.8) is 0 Å². The molecule has 0 amide bonds. The minimum atomic E-state index is -0.232. The monoisotopic (exact) mass is 473 g/mol. The first kappa shape index (κ1) is 22.6. The number of benzene rings is 1. The van der Waals surface area contributed by atoms with Gasteiger partial charge in [-0.3, -0.25) is 4.79 Å². The van der Waals surface area contributed by atoms with Crippen LogP contribution in [0.1, 0.15) is 12.8 Å². The molecule has 0 unspecified atom stereocenters. The lowest BCUT2D eigenvalue weighted by Gasteiger charge is -2.39. The van der Waals surface area contributed by atoms with E-state index in [0.717, 1.165) is 23.7 Å². The van der Waals surface area contributed by atoms with Crippen molar-refractivity contribution in [1.29, 1.82) is 0 Å². The molecule has 5 rings (SSSR count). The first-order chi connectivity index (χ1) is 17.0. The van der Waals surface area contributed by atoms with Gasteiger partial charge in [-0.05, 0) is 32.3 Å². The van der Waals surface area contributed by atoms with E-state index in [0.29, 0.717) is 40.8 Å². The second-order valence-electron chi connectivity index (χ2n) is 8.67. The SMILES string of the molecule is COc1cc(Nc2nccc(Nc3cc4ccccc4[nH]c3=O)n2)cnc1OC1CC(N(C)C)C1. The second-order valence-corrected chi connectivity index (χ2v) is 8.67. The lowest BCUT2D eigenvalue weighted by Crippen LogP contribution is -2.46. The van der Waals surface area contributed by atoms with Crippen LogP contribution in [0.5, 0.6) is 11.6 Å². The summed E-state index contributed by atoms with van der Waals surface area (Å²) in [6.45, 7) is 0. The van der Waals surface area contributed by atoms with E-state index in [1.807, 2.05) is 24.3 Å². The van der Waals surface area contributed by atoms with Crippen LogP contribution in [0, 0.1) is 0 Å². The Morgan fingerprint density at radius 1 is 1.09 bits per heavy atom. The molecular weight excluding hydrogens is 446 g/mol. The second kappa shape index (κ2) is 9.59. The number of fused-ring (bicyclic) bond motifs is 1. The fourth-order valence-electron chi connectivity index (χ4n) is 3.94. The summed E-state index contributed by atoms with van der Waals surface area (Å²) in [5.41, 5.74) is 1.59. The number of pyridine rings is 2. The van der Waals surface area contributed by atoms with Gasteiger partial charge in [0.1, 0.15) is 17.6 Å². The third kappa shape index (κ3) is 5.02. The molecule has 180 valence electrons. The standard InChI is InChI=1S/C25H27N7O3/c1-32(2)17-12-18(13-17)35-24-21(34-3)11-16(14-27-24)28-25-26-9-8-22(31-25)29-20-10-15-6-4-5-7-19(15)30-23(20)33/h4-11,14,17-18H,12-13H2,1-3H3,(H,30,33)(H2,26,28,29,31). The average Bonchev–Trinajstić information content (AvgIpc) is 2.82. The Labute approximate surface area is 202 Å². The fraction of sp³-hybridized carbons (Fsp3) is 0.280. The number of aromatic amines is 1. The molecule has 1 fully saturated rings. The molecule has 1 aromatic carbocycles. The minimum absolute atomic E-state index is 0.131. The molecule has 3 aromatic heterocycles. The number of ether oxygens (including phenoxy) is 2. The minimum Gasteiger partial charge on any atom is -0.491 e. The van der Waals surface area contributed by atoms with E-state index in [2.05, 4.69) is 49.6 Å². The van der Waals surface area contributed by atoms with Crippen LogP contribution in [0.4, 0.5) is 23.1 Å². The first-order valence-corrected chi connectivity index (χ1v) is 11.3. The predicted octanol–water partition coefficient (Wildman–Crippen LogP) is 3.68. The van der Waals surface area contributed by atoms with Crippen molar-refractivity contribution >= 4 is 34.0 Å². The van der Waals surface area contributed by atoms with Crippen molar-refractivity contribution in [2.24, 2.45) is 0 Å². The Kier molecular flexibility index (Phi) is 6.19. The third-order valence-corrected chi connectivity index (χ3v) is 6.04. The van der Waals surface area contributed by atoms with Crippen molar-refractivity contribution in [2.45, 2.75) is 25.0 Å². The van der Waals surface area contributed by atoms with Gasteiger partial charge in [0.2, 0.25) is 5.95 Å². The summed E-state index contributed by atoms with van der Waals surface area (Å²) in [6, 6.07) is 13.4. The molecule has 3 heterocycles. The van der Waals surface area contributed by atoms with Crippen LogP contribution in [0.2, 0.25) is 0 Å². The van der Waals surface area contributed by atoms with E-state index in [9.17, 15) is 4.79 Å². The number of para-hydroxylation sites is 1. The summed E-state index contributed by atoms with van der Waals surface area (Å²) >= 11 is 0. The van der Waals surface area contributed by atoms with E-state index in [-0.39, 0.29) is 11.7 Å². The maximum Gasteiger partial charge on any atom is 0.272 e. The van der Waals surface area contributed by atoms with E-state index >= 15 is 0 Å². The zero-order valence-electron chi connectivity index (χ0n) is 19.8. The fourth-order valence-corrected chi connectivity index (χ4v) is 3.94. The van der Waals surface area contributed by atoms with E-state index < -0.39 is 0 Å². The van der Waals surface area contributed by atoms with Crippen LogP contribution in [-0.2, 0) is 0 Å².